The Bertz CT molecular complexity index is 430. The number of hydrogen-bond acceptors (Lipinski definition) is 3. The van der Waals surface area contributed by atoms with E-state index in [1.165, 1.54) is 0 Å². The summed E-state index contributed by atoms with van der Waals surface area (Å²) in [4.78, 5) is 14.1. The van der Waals surface area contributed by atoms with Gasteiger partial charge in [-0.1, -0.05) is 6.07 Å². The number of halogens is 2. The third-order valence-corrected chi connectivity index (χ3v) is 3.83. The van der Waals surface area contributed by atoms with Crippen LogP contribution in [0, 0.1) is 3.57 Å². The molecular formula is C13H19ClIN3O. The molecule has 1 atom stereocenters. The summed E-state index contributed by atoms with van der Waals surface area (Å²) in [5.41, 5.74) is 0.872. The average molecular weight is 396 g/mol. The van der Waals surface area contributed by atoms with Crippen LogP contribution in [0.15, 0.2) is 24.3 Å². The van der Waals surface area contributed by atoms with E-state index in [2.05, 4.69) is 38.1 Å². The molecule has 0 aliphatic carbocycles. The second-order valence-electron chi connectivity index (χ2n) is 4.57. The number of carbonyl (C=O) groups is 1. The van der Waals surface area contributed by atoms with Crippen LogP contribution < -0.4 is 10.6 Å². The Kier molecular flexibility index (Phi) is 7.06. The van der Waals surface area contributed by atoms with Gasteiger partial charge in [-0.3, -0.25) is 9.69 Å². The highest BCUT2D eigenvalue weighted by molar-refractivity contribution is 14.1. The zero-order chi connectivity index (χ0) is 13.0. The minimum Gasteiger partial charge on any atom is -0.325 e. The molecule has 1 amide bonds. The van der Waals surface area contributed by atoms with E-state index >= 15 is 0 Å². The van der Waals surface area contributed by atoms with Crippen LogP contribution in [0.3, 0.4) is 0 Å². The topological polar surface area (TPSA) is 44.4 Å². The van der Waals surface area contributed by atoms with Crippen molar-refractivity contribution >= 4 is 46.6 Å². The maximum absolute atomic E-state index is 11.9. The van der Waals surface area contributed by atoms with E-state index in [1.807, 2.05) is 31.3 Å². The van der Waals surface area contributed by atoms with E-state index in [0.29, 0.717) is 12.6 Å². The van der Waals surface area contributed by atoms with E-state index in [1.54, 1.807) is 0 Å². The Morgan fingerprint density at radius 2 is 2.32 bits per heavy atom. The molecule has 19 heavy (non-hydrogen) atoms. The van der Waals surface area contributed by atoms with Crippen LogP contribution in [0.5, 0.6) is 0 Å². The highest BCUT2D eigenvalue weighted by Gasteiger charge is 2.22. The fourth-order valence-corrected chi connectivity index (χ4v) is 2.72. The number of benzene rings is 1. The van der Waals surface area contributed by atoms with Crippen LogP contribution in [0.25, 0.3) is 0 Å². The molecule has 1 saturated heterocycles. The highest BCUT2D eigenvalue weighted by Crippen LogP contribution is 2.13. The van der Waals surface area contributed by atoms with Gasteiger partial charge in [0, 0.05) is 28.4 Å². The predicted octanol–water partition coefficient (Wildman–Crippen LogP) is 1.95. The van der Waals surface area contributed by atoms with Gasteiger partial charge in [0.05, 0.1) is 6.54 Å². The number of likely N-dealkylation sites (N-methyl/N-ethyl adjacent to an activating group) is 1. The lowest BCUT2D eigenvalue weighted by atomic mass is 10.3. The molecule has 1 unspecified atom stereocenters. The first kappa shape index (κ1) is 16.7. The lowest BCUT2D eigenvalue weighted by Crippen LogP contribution is -2.34. The minimum atomic E-state index is 0. The second kappa shape index (κ2) is 8.04. The van der Waals surface area contributed by atoms with Crippen molar-refractivity contribution in [2.24, 2.45) is 0 Å². The minimum absolute atomic E-state index is 0. The van der Waals surface area contributed by atoms with Crippen LogP contribution in [-0.4, -0.2) is 43.5 Å². The smallest absolute Gasteiger partial charge is 0.238 e. The van der Waals surface area contributed by atoms with E-state index < -0.39 is 0 Å². The molecule has 2 rings (SSSR count). The molecule has 1 aliphatic rings. The van der Waals surface area contributed by atoms with Crippen LogP contribution >= 0.6 is 35.0 Å². The van der Waals surface area contributed by atoms with E-state index in [4.69, 9.17) is 0 Å². The summed E-state index contributed by atoms with van der Waals surface area (Å²) < 4.78 is 1.13. The summed E-state index contributed by atoms with van der Waals surface area (Å²) in [5.74, 6) is 0.0637. The van der Waals surface area contributed by atoms with E-state index in [9.17, 15) is 4.79 Å². The van der Waals surface area contributed by atoms with Crippen molar-refractivity contribution in [1.29, 1.82) is 0 Å². The van der Waals surface area contributed by atoms with Gasteiger partial charge < -0.3 is 10.6 Å². The number of carbonyl (C=O) groups excluding carboxylic acids is 1. The van der Waals surface area contributed by atoms with Crippen molar-refractivity contribution in [3.05, 3.63) is 27.8 Å². The number of anilines is 1. The van der Waals surface area contributed by atoms with E-state index in [-0.39, 0.29) is 18.3 Å². The first-order valence-corrected chi connectivity index (χ1v) is 7.20. The third-order valence-electron chi connectivity index (χ3n) is 3.16. The second-order valence-corrected chi connectivity index (χ2v) is 5.81. The first-order valence-electron chi connectivity index (χ1n) is 6.12. The maximum atomic E-state index is 11.9. The van der Waals surface area contributed by atoms with Gasteiger partial charge in [0.15, 0.2) is 0 Å². The molecule has 2 N–H and O–H groups in total. The number of nitrogens with zero attached hydrogens (tertiary/aromatic N) is 1. The quantitative estimate of drug-likeness (QED) is 0.766. The summed E-state index contributed by atoms with van der Waals surface area (Å²) in [6, 6.07) is 8.37. The number of likely N-dealkylation sites (tertiary alicyclic amines) is 1. The molecule has 106 valence electrons. The molecule has 1 aromatic carbocycles. The first-order chi connectivity index (χ1) is 8.67. The van der Waals surface area contributed by atoms with Gasteiger partial charge in [-0.25, -0.2) is 0 Å². The lowest BCUT2D eigenvalue weighted by Gasteiger charge is -2.15. The van der Waals surface area contributed by atoms with Crippen LogP contribution in [0.1, 0.15) is 6.42 Å². The summed E-state index contributed by atoms with van der Waals surface area (Å²) >= 11 is 2.24. The Balaban J connectivity index is 0.00000180. The lowest BCUT2D eigenvalue weighted by molar-refractivity contribution is -0.117. The summed E-state index contributed by atoms with van der Waals surface area (Å²) in [6.45, 7) is 2.42. The van der Waals surface area contributed by atoms with Crippen molar-refractivity contribution in [2.45, 2.75) is 12.5 Å². The van der Waals surface area contributed by atoms with Gasteiger partial charge >= 0.3 is 0 Å². The van der Waals surface area contributed by atoms with Gasteiger partial charge in [0.25, 0.3) is 0 Å². The Morgan fingerprint density at radius 1 is 1.53 bits per heavy atom. The number of hydrogen-bond donors (Lipinski definition) is 2. The zero-order valence-corrected chi connectivity index (χ0v) is 13.8. The van der Waals surface area contributed by atoms with Crippen LogP contribution in [-0.2, 0) is 4.79 Å². The molecule has 0 aromatic heterocycles. The molecule has 1 aromatic rings. The number of nitrogens with one attached hydrogen (secondary N) is 2. The van der Waals surface area contributed by atoms with Crippen LogP contribution in [0.4, 0.5) is 5.69 Å². The Hall–Kier alpha value is -0.370. The number of rotatable bonds is 4. The standard InChI is InChI=1S/C13H18IN3O.ClH/c1-15-12-5-6-17(8-12)9-13(18)16-11-4-2-3-10(14)7-11;/h2-4,7,12,15H,5-6,8-9H2,1H3,(H,16,18);1H. The van der Waals surface area contributed by atoms with E-state index in [0.717, 1.165) is 28.8 Å². The zero-order valence-electron chi connectivity index (χ0n) is 10.9. The maximum Gasteiger partial charge on any atom is 0.238 e. The fraction of sp³-hybridized carbons (Fsp3) is 0.462. The molecule has 1 heterocycles. The largest absolute Gasteiger partial charge is 0.325 e. The molecule has 6 heteroatoms. The van der Waals surface area contributed by atoms with Crippen molar-refractivity contribution in [3.63, 3.8) is 0 Å². The average Bonchev–Trinajstić information content (AvgIpc) is 2.76. The Labute approximate surface area is 133 Å². The molecule has 1 aliphatic heterocycles. The predicted molar refractivity (Wildman–Crippen MR) is 88.9 cm³/mol. The normalized spacial score (nSPS) is 18.9. The molecular weight excluding hydrogens is 377 g/mol. The molecule has 0 bridgehead atoms. The highest BCUT2D eigenvalue weighted by atomic mass is 127. The van der Waals surface area contributed by atoms with Gasteiger partial charge in [-0.15, -0.1) is 12.4 Å². The molecule has 0 radical (unpaired) electrons. The monoisotopic (exact) mass is 395 g/mol. The van der Waals surface area contributed by atoms with Gasteiger partial charge in [-0.2, -0.15) is 0 Å². The summed E-state index contributed by atoms with van der Waals surface area (Å²) in [5, 5.41) is 6.19. The van der Waals surface area contributed by atoms with Crippen molar-refractivity contribution < 1.29 is 4.79 Å². The Morgan fingerprint density at radius 3 is 2.95 bits per heavy atom. The number of amides is 1. The third kappa shape index (κ3) is 5.25. The SMILES string of the molecule is CNC1CCN(CC(=O)Nc2cccc(I)c2)C1.Cl. The summed E-state index contributed by atoms with van der Waals surface area (Å²) in [6.07, 6.45) is 1.12. The molecule has 4 nitrogen and oxygen atoms in total. The van der Waals surface area contributed by atoms with Crippen molar-refractivity contribution in [2.75, 3.05) is 32.0 Å². The molecule has 0 spiro atoms. The summed E-state index contributed by atoms with van der Waals surface area (Å²) in [7, 11) is 1.97. The van der Waals surface area contributed by atoms with Crippen molar-refractivity contribution in [1.82, 2.24) is 10.2 Å². The van der Waals surface area contributed by atoms with Crippen LogP contribution in [0.2, 0.25) is 0 Å². The van der Waals surface area contributed by atoms with Gasteiger partial charge in [0.1, 0.15) is 0 Å². The fourth-order valence-electron chi connectivity index (χ4n) is 2.18. The molecule has 0 saturated carbocycles. The van der Waals surface area contributed by atoms with Gasteiger partial charge in [0.2, 0.25) is 5.91 Å². The van der Waals surface area contributed by atoms with Crippen molar-refractivity contribution in [3.8, 4) is 0 Å². The molecule has 1 fully saturated rings. The van der Waals surface area contributed by atoms with Gasteiger partial charge in [-0.05, 0) is 54.3 Å².